The maximum Gasteiger partial charge on any atom is 0.422 e. The standard InChI is InChI=1S/C19H19ClF3N3O3/c1-3-16(27)26-14-6-4-12(5-7-14)11(2)25-17(28)13-8-15(20)18(24-9-13)29-10-19(21,22)23/h4-9,11H,3,10H2,1-2H3,(H,25,28)(H,26,27). The van der Waals surface area contributed by atoms with Crippen LogP contribution in [0.5, 0.6) is 5.88 Å². The first kappa shape index (κ1) is 22.5. The quantitative estimate of drug-likeness (QED) is 0.678. The molecule has 10 heteroatoms. The average molecular weight is 430 g/mol. The Morgan fingerprint density at radius 3 is 2.45 bits per heavy atom. The predicted octanol–water partition coefficient (Wildman–Crippen LogP) is 4.52. The van der Waals surface area contributed by atoms with Crippen LogP contribution in [0.1, 0.15) is 42.2 Å². The molecule has 0 aliphatic heterocycles. The van der Waals surface area contributed by atoms with Crippen molar-refractivity contribution < 1.29 is 27.5 Å². The lowest BCUT2D eigenvalue weighted by molar-refractivity contribution is -0.154. The molecule has 29 heavy (non-hydrogen) atoms. The highest BCUT2D eigenvalue weighted by Gasteiger charge is 2.29. The average Bonchev–Trinajstić information content (AvgIpc) is 2.66. The van der Waals surface area contributed by atoms with Gasteiger partial charge in [-0.3, -0.25) is 9.59 Å². The molecule has 2 rings (SSSR count). The zero-order valence-electron chi connectivity index (χ0n) is 15.6. The molecule has 2 amide bonds. The number of nitrogens with one attached hydrogen (secondary N) is 2. The molecule has 0 fully saturated rings. The van der Waals surface area contributed by atoms with Crippen LogP contribution in [0.4, 0.5) is 18.9 Å². The van der Waals surface area contributed by atoms with Crippen molar-refractivity contribution in [1.29, 1.82) is 0 Å². The van der Waals surface area contributed by atoms with E-state index in [0.29, 0.717) is 12.1 Å². The lowest BCUT2D eigenvalue weighted by Gasteiger charge is -2.15. The van der Waals surface area contributed by atoms with Crippen LogP contribution >= 0.6 is 11.6 Å². The Morgan fingerprint density at radius 2 is 1.90 bits per heavy atom. The zero-order valence-corrected chi connectivity index (χ0v) is 16.4. The SMILES string of the molecule is CCC(=O)Nc1ccc(C(C)NC(=O)c2cnc(OCC(F)(F)F)c(Cl)c2)cc1. The third-order valence-corrected chi connectivity index (χ3v) is 4.08. The summed E-state index contributed by atoms with van der Waals surface area (Å²) in [5.74, 6) is -1.01. The van der Waals surface area contributed by atoms with E-state index < -0.39 is 24.6 Å². The Hall–Kier alpha value is -2.81. The second-order valence-electron chi connectivity index (χ2n) is 6.13. The van der Waals surface area contributed by atoms with Gasteiger partial charge in [0.2, 0.25) is 11.8 Å². The normalized spacial score (nSPS) is 12.2. The maximum absolute atomic E-state index is 12.4. The summed E-state index contributed by atoms with van der Waals surface area (Å²) in [6, 6.07) is 7.77. The minimum Gasteiger partial charge on any atom is -0.467 e. The van der Waals surface area contributed by atoms with Crippen LogP contribution in [-0.4, -0.2) is 29.6 Å². The van der Waals surface area contributed by atoms with Crippen molar-refractivity contribution in [2.45, 2.75) is 32.5 Å². The van der Waals surface area contributed by atoms with Gasteiger partial charge in [-0.1, -0.05) is 30.7 Å². The van der Waals surface area contributed by atoms with E-state index in [-0.39, 0.29) is 22.5 Å². The number of anilines is 1. The number of carbonyl (C=O) groups excluding carboxylic acids is 2. The molecule has 1 heterocycles. The molecule has 1 aromatic carbocycles. The number of alkyl halides is 3. The van der Waals surface area contributed by atoms with Crippen LogP contribution in [0.2, 0.25) is 5.02 Å². The van der Waals surface area contributed by atoms with Crippen molar-refractivity contribution in [2.24, 2.45) is 0 Å². The molecule has 2 aromatic rings. The fourth-order valence-corrected chi connectivity index (χ4v) is 2.49. The lowest BCUT2D eigenvalue weighted by Crippen LogP contribution is -2.27. The number of nitrogens with zero attached hydrogens (tertiary/aromatic N) is 1. The van der Waals surface area contributed by atoms with Crippen molar-refractivity contribution in [3.63, 3.8) is 0 Å². The van der Waals surface area contributed by atoms with Gasteiger partial charge < -0.3 is 15.4 Å². The van der Waals surface area contributed by atoms with Crippen molar-refractivity contribution >= 4 is 29.1 Å². The maximum atomic E-state index is 12.4. The van der Waals surface area contributed by atoms with Gasteiger partial charge in [0.05, 0.1) is 11.6 Å². The minimum absolute atomic E-state index is 0.0769. The molecule has 0 aliphatic carbocycles. The molecular weight excluding hydrogens is 411 g/mol. The second-order valence-corrected chi connectivity index (χ2v) is 6.54. The molecule has 0 saturated carbocycles. The van der Waals surface area contributed by atoms with Crippen molar-refractivity contribution in [1.82, 2.24) is 10.3 Å². The summed E-state index contributed by atoms with van der Waals surface area (Å²) in [7, 11) is 0. The van der Waals surface area contributed by atoms with Gasteiger partial charge in [-0.25, -0.2) is 4.98 Å². The number of amides is 2. The molecule has 0 spiro atoms. The van der Waals surface area contributed by atoms with Gasteiger partial charge in [0.1, 0.15) is 5.02 Å². The number of aromatic nitrogens is 1. The first-order chi connectivity index (χ1) is 13.6. The molecule has 0 bridgehead atoms. The summed E-state index contributed by atoms with van der Waals surface area (Å²) in [4.78, 5) is 27.4. The Labute approximate surface area is 170 Å². The van der Waals surface area contributed by atoms with Gasteiger partial charge in [0.25, 0.3) is 5.91 Å². The fourth-order valence-electron chi connectivity index (χ4n) is 2.27. The molecule has 156 valence electrons. The highest BCUT2D eigenvalue weighted by atomic mass is 35.5. The summed E-state index contributed by atoms with van der Waals surface area (Å²) in [5, 5.41) is 5.26. The van der Waals surface area contributed by atoms with Crippen molar-refractivity contribution in [3.05, 3.63) is 52.7 Å². The summed E-state index contributed by atoms with van der Waals surface area (Å²) >= 11 is 5.86. The van der Waals surface area contributed by atoms with Crippen LogP contribution in [0, 0.1) is 0 Å². The zero-order chi connectivity index (χ0) is 21.6. The highest BCUT2D eigenvalue weighted by molar-refractivity contribution is 6.32. The fraction of sp³-hybridized carbons (Fsp3) is 0.316. The largest absolute Gasteiger partial charge is 0.467 e. The minimum atomic E-state index is -4.52. The Balaban J connectivity index is 2.00. The molecule has 1 atom stereocenters. The van der Waals surface area contributed by atoms with E-state index in [4.69, 9.17) is 11.6 Å². The first-order valence-corrected chi connectivity index (χ1v) is 9.02. The van der Waals surface area contributed by atoms with E-state index in [1.807, 2.05) is 0 Å². The molecule has 0 saturated heterocycles. The van der Waals surface area contributed by atoms with Gasteiger partial charge in [-0.2, -0.15) is 13.2 Å². The van der Waals surface area contributed by atoms with Gasteiger partial charge >= 0.3 is 6.18 Å². The molecule has 0 radical (unpaired) electrons. The number of rotatable bonds is 7. The number of ether oxygens (including phenoxy) is 1. The molecule has 0 aliphatic rings. The lowest BCUT2D eigenvalue weighted by atomic mass is 10.1. The van der Waals surface area contributed by atoms with Crippen LogP contribution in [0.25, 0.3) is 0 Å². The van der Waals surface area contributed by atoms with Crippen molar-refractivity contribution in [2.75, 3.05) is 11.9 Å². The van der Waals surface area contributed by atoms with Crippen LogP contribution in [-0.2, 0) is 4.79 Å². The predicted molar refractivity (Wildman–Crippen MR) is 102 cm³/mol. The van der Waals surface area contributed by atoms with E-state index in [9.17, 15) is 22.8 Å². The summed E-state index contributed by atoms with van der Waals surface area (Å²) < 4.78 is 41.1. The van der Waals surface area contributed by atoms with Gasteiger partial charge in [-0.15, -0.1) is 0 Å². The number of pyridine rings is 1. The molecule has 6 nitrogen and oxygen atoms in total. The van der Waals surface area contributed by atoms with Gasteiger partial charge in [0, 0.05) is 18.3 Å². The van der Waals surface area contributed by atoms with E-state index >= 15 is 0 Å². The number of halogens is 4. The number of benzene rings is 1. The molecule has 1 unspecified atom stereocenters. The second kappa shape index (κ2) is 9.60. The third kappa shape index (κ3) is 6.94. The highest BCUT2D eigenvalue weighted by Crippen LogP contribution is 2.25. The van der Waals surface area contributed by atoms with Gasteiger partial charge in [0.15, 0.2) is 6.61 Å². The topological polar surface area (TPSA) is 80.3 Å². The number of carbonyl (C=O) groups is 2. The van der Waals surface area contributed by atoms with Crippen LogP contribution in [0.15, 0.2) is 36.5 Å². The summed E-state index contributed by atoms with van der Waals surface area (Å²) in [5.41, 5.74) is 1.51. The van der Waals surface area contributed by atoms with Gasteiger partial charge in [-0.05, 0) is 30.7 Å². The Bertz CT molecular complexity index is 873. The monoisotopic (exact) mass is 429 g/mol. The van der Waals surface area contributed by atoms with Crippen LogP contribution in [0.3, 0.4) is 0 Å². The Morgan fingerprint density at radius 1 is 1.24 bits per heavy atom. The number of hydrogen-bond acceptors (Lipinski definition) is 4. The smallest absolute Gasteiger partial charge is 0.422 e. The third-order valence-electron chi connectivity index (χ3n) is 3.81. The Kier molecular flexibility index (Phi) is 7.44. The van der Waals surface area contributed by atoms with E-state index in [0.717, 1.165) is 11.8 Å². The summed E-state index contributed by atoms with van der Waals surface area (Å²) in [6.45, 7) is 1.97. The van der Waals surface area contributed by atoms with Crippen LogP contribution < -0.4 is 15.4 Å². The van der Waals surface area contributed by atoms with E-state index in [1.54, 1.807) is 38.1 Å². The molecular formula is C19H19ClF3N3O3. The first-order valence-electron chi connectivity index (χ1n) is 8.65. The van der Waals surface area contributed by atoms with E-state index in [2.05, 4.69) is 20.4 Å². The molecule has 2 N–H and O–H groups in total. The molecule has 1 aromatic heterocycles. The number of hydrogen-bond donors (Lipinski definition) is 2. The summed E-state index contributed by atoms with van der Waals surface area (Å²) in [6.07, 6.45) is -3.07. The van der Waals surface area contributed by atoms with E-state index in [1.165, 1.54) is 6.07 Å². The van der Waals surface area contributed by atoms with Crippen molar-refractivity contribution in [3.8, 4) is 5.88 Å².